The molecule has 0 amide bonds. The van der Waals surface area contributed by atoms with E-state index in [2.05, 4.69) is 0 Å². The van der Waals surface area contributed by atoms with Gasteiger partial charge in [-0.15, -0.1) is 0 Å². The first kappa shape index (κ1) is 27.1. The Morgan fingerprint density at radius 2 is 1.38 bits per heavy atom. The summed E-state index contributed by atoms with van der Waals surface area (Å²) >= 11 is 0. The summed E-state index contributed by atoms with van der Waals surface area (Å²) in [5.74, 6) is -5.73. The van der Waals surface area contributed by atoms with E-state index in [9.17, 15) is 26.3 Å². The van der Waals surface area contributed by atoms with Crippen molar-refractivity contribution in [1.29, 1.82) is 0 Å². The minimum atomic E-state index is -2.86. The Morgan fingerprint density at radius 1 is 0.784 bits per heavy atom. The van der Waals surface area contributed by atoms with E-state index in [0.717, 1.165) is 24.6 Å². The first-order valence-electron chi connectivity index (χ1n) is 12.6. The van der Waals surface area contributed by atoms with Crippen molar-refractivity contribution in [3.63, 3.8) is 0 Å². The van der Waals surface area contributed by atoms with Crippen LogP contribution in [-0.2, 0) is 6.42 Å². The topological polar surface area (TPSA) is 9.23 Å². The number of methoxy groups -OCH3 is 1. The Labute approximate surface area is 213 Å². The Hall–Kier alpha value is -2.96. The maximum atomic E-state index is 15.0. The van der Waals surface area contributed by atoms with Crippen molar-refractivity contribution < 1.29 is 31.1 Å². The average Bonchev–Trinajstić information content (AvgIpc) is 2.87. The molecule has 198 valence electrons. The fraction of sp³-hybridized carbons (Fsp3) is 0.400. The van der Waals surface area contributed by atoms with E-state index in [4.69, 9.17) is 4.74 Å². The highest BCUT2D eigenvalue weighted by atomic mass is 19.3. The SMILES string of the molecule is COc1ccc(-c2c(F)cc(-c3ccc(CC(F)(F)C4CCC(CCCF)CC4)cc3)cc2F)cc1F. The lowest BCUT2D eigenvalue weighted by molar-refractivity contribution is -0.0746. The maximum Gasteiger partial charge on any atom is 0.254 e. The highest BCUT2D eigenvalue weighted by Gasteiger charge is 2.41. The molecule has 0 unspecified atom stereocenters. The monoisotopic (exact) mass is 520 g/mol. The summed E-state index contributed by atoms with van der Waals surface area (Å²) in [6.07, 6.45) is 3.13. The largest absolute Gasteiger partial charge is 0.494 e. The van der Waals surface area contributed by atoms with Crippen molar-refractivity contribution in [3.05, 3.63) is 77.6 Å². The number of hydrogen-bond donors (Lipinski definition) is 0. The van der Waals surface area contributed by atoms with Gasteiger partial charge in [0.05, 0.1) is 19.3 Å². The van der Waals surface area contributed by atoms with E-state index < -0.39 is 35.7 Å². The van der Waals surface area contributed by atoms with Gasteiger partial charge in [-0.3, -0.25) is 4.39 Å². The van der Waals surface area contributed by atoms with Crippen LogP contribution in [0.1, 0.15) is 44.1 Å². The predicted octanol–water partition coefficient (Wildman–Crippen LogP) is 9.18. The van der Waals surface area contributed by atoms with Gasteiger partial charge < -0.3 is 4.74 Å². The molecule has 37 heavy (non-hydrogen) atoms. The summed E-state index contributed by atoms with van der Waals surface area (Å²) in [5.41, 5.74) is 0.845. The van der Waals surface area contributed by atoms with Crippen molar-refractivity contribution in [2.45, 2.75) is 50.9 Å². The molecule has 0 aromatic heterocycles. The molecule has 0 aliphatic heterocycles. The number of ether oxygens (including phenoxy) is 1. The van der Waals surface area contributed by atoms with E-state index in [1.165, 1.54) is 19.2 Å². The first-order chi connectivity index (χ1) is 17.7. The van der Waals surface area contributed by atoms with E-state index in [-0.39, 0.29) is 29.1 Å². The summed E-state index contributed by atoms with van der Waals surface area (Å²) in [5, 5.41) is 0. The average molecular weight is 521 g/mol. The second kappa shape index (κ2) is 11.6. The molecular weight excluding hydrogens is 490 g/mol. The molecule has 7 heteroatoms. The van der Waals surface area contributed by atoms with E-state index in [1.54, 1.807) is 24.3 Å². The fourth-order valence-corrected chi connectivity index (χ4v) is 5.31. The van der Waals surface area contributed by atoms with Crippen molar-refractivity contribution in [2.24, 2.45) is 11.8 Å². The molecule has 1 fully saturated rings. The molecule has 0 saturated heterocycles. The minimum absolute atomic E-state index is 0.0341. The molecule has 1 saturated carbocycles. The Morgan fingerprint density at radius 3 is 1.95 bits per heavy atom. The molecule has 3 aromatic carbocycles. The molecule has 1 nitrogen and oxygen atoms in total. The van der Waals surface area contributed by atoms with Gasteiger partial charge in [-0.25, -0.2) is 22.0 Å². The molecule has 1 aliphatic rings. The predicted molar refractivity (Wildman–Crippen MR) is 133 cm³/mol. The number of hydrogen-bond acceptors (Lipinski definition) is 1. The van der Waals surface area contributed by atoms with Gasteiger partial charge in [0.1, 0.15) is 11.6 Å². The van der Waals surface area contributed by atoms with Crippen LogP contribution in [0.3, 0.4) is 0 Å². The van der Waals surface area contributed by atoms with Crippen LogP contribution in [0.2, 0.25) is 0 Å². The lowest BCUT2D eigenvalue weighted by Crippen LogP contribution is -2.34. The number of rotatable bonds is 9. The number of alkyl halides is 3. The van der Waals surface area contributed by atoms with Gasteiger partial charge in [0.15, 0.2) is 11.6 Å². The first-order valence-corrected chi connectivity index (χ1v) is 12.6. The molecule has 0 atom stereocenters. The standard InChI is InChI=1S/C30H30F6O/c1-37-28-13-10-22(15-25(28)32)29-26(33)16-23(17-27(29)34)21-8-4-20(5-9-21)18-30(35,36)24-11-6-19(7-12-24)3-2-14-31/h4-5,8-10,13,15-17,19,24H,2-3,6-7,11-12,14,18H2,1H3. The van der Waals surface area contributed by atoms with Crippen molar-refractivity contribution in [2.75, 3.05) is 13.8 Å². The third-order valence-corrected chi connectivity index (χ3v) is 7.40. The summed E-state index contributed by atoms with van der Waals surface area (Å²) in [6, 6.07) is 12.2. The lowest BCUT2D eigenvalue weighted by atomic mass is 9.76. The van der Waals surface area contributed by atoms with Gasteiger partial charge in [0, 0.05) is 12.3 Å². The van der Waals surface area contributed by atoms with Gasteiger partial charge in [0.2, 0.25) is 0 Å². The van der Waals surface area contributed by atoms with Crippen molar-refractivity contribution in [3.8, 4) is 28.0 Å². The summed E-state index contributed by atoms with van der Waals surface area (Å²) < 4.78 is 91.0. The maximum absolute atomic E-state index is 15.0. The summed E-state index contributed by atoms with van der Waals surface area (Å²) in [7, 11) is 1.30. The van der Waals surface area contributed by atoms with E-state index in [1.807, 2.05) is 0 Å². The zero-order valence-corrected chi connectivity index (χ0v) is 20.7. The van der Waals surface area contributed by atoms with Gasteiger partial charge in [0.25, 0.3) is 5.92 Å². The van der Waals surface area contributed by atoms with E-state index >= 15 is 0 Å². The van der Waals surface area contributed by atoms with Gasteiger partial charge >= 0.3 is 0 Å². The van der Waals surface area contributed by atoms with Crippen LogP contribution in [0.5, 0.6) is 5.75 Å². The van der Waals surface area contributed by atoms with Crippen LogP contribution >= 0.6 is 0 Å². The Balaban J connectivity index is 1.45. The van der Waals surface area contributed by atoms with Crippen molar-refractivity contribution in [1.82, 2.24) is 0 Å². The second-order valence-electron chi connectivity index (χ2n) is 9.85. The molecule has 4 rings (SSSR count). The van der Waals surface area contributed by atoms with Crippen LogP contribution in [0.25, 0.3) is 22.3 Å². The summed E-state index contributed by atoms with van der Waals surface area (Å²) in [4.78, 5) is 0. The Kier molecular flexibility index (Phi) is 8.50. The highest BCUT2D eigenvalue weighted by Crippen LogP contribution is 2.42. The molecule has 0 spiro atoms. The molecular formula is C30H30F6O. The zero-order chi connectivity index (χ0) is 26.6. The highest BCUT2D eigenvalue weighted by molar-refractivity contribution is 5.72. The van der Waals surface area contributed by atoms with Crippen LogP contribution in [0.4, 0.5) is 26.3 Å². The normalized spacial score (nSPS) is 18.1. The minimum Gasteiger partial charge on any atom is -0.494 e. The summed E-state index contributed by atoms with van der Waals surface area (Å²) in [6.45, 7) is -0.363. The van der Waals surface area contributed by atoms with Crippen LogP contribution in [0, 0.1) is 29.3 Å². The second-order valence-corrected chi connectivity index (χ2v) is 9.85. The number of benzene rings is 3. The molecule has 0 heterocycles. The molecule has 1 aliphatic carbocycles. The smallest absolute Gasteiger partial charge is 0.254 e. The van der Waals surface area contributed by atoms with Gasteiger partial charge in [-0.2, -0.15) is 0 Å². The third-order valence-electron chi connectivity index (χ3n) is 7.40. The zero-order valence-electron chi connectivity index (χ0n) is 20.7. The van der Waals surface area contributed by atoms with Crippen LogP contribution in [0.15, 0.2) is 54.6 Å². The van der Waals surface area contributed by atoms with E-state index in [0.29, 0.717) is 49.1 Å². The van der Waals surface area contributed by atoms with Gasteiger partial charge in [-0.05, 0) is 91.0 Å². The molecule has 0 N–H and O–H groups in total. The third kappa shape index (κ3) is 6.31. The lowest BCUT2D eigenvalue weighted by Gasteiger charge is -2.33. The molecule has 3 aromatic rings. The number of halogens is 6. The Bertz CT molecular complexity index is 1180. The van der Waals surface area contributed by atoms with Gasteiger partial charge in [-0.1, -0.05) is 30.3 Å². The molecule has 0 radical (unpaired) electrons. The fourth-order valence-electron chi connectivity index (χ4n) is 5.31. The van der Waals surface area contributed by atoms with Crippen molar-refractivity contribution >= 4 is 0 Å². The van der Waals surface area contributed by atoms with Crippen LogP contribution in [-0.4, -0.2) is 19.7 Å². The quantitative estimate of drug-likeness (QED) is 0.256. The van der Waals surface area contributed by atoms with Crippen LogP contribution < -0.4 is 4.74 Å². The molecule has 0 bridgehead atoms.